The first-order valence-corrected chi connectivity index (χ1v) is 16.6. The van der Waals surface area contributed by atoms with Crippen LogP contribution < -0.4 is 20.3 Å². The predicted octanol–water partition coefficient (Wildman–Crippen LogP) is 5.31. The summed E-state index contributed by atoms with van der Waals surface area (Å²) in [6, 6.07) is 12.3. The Morgan fingerprint density at radius 2 is 1.93 bits per heavy atom. The number of amides is 1. The second kappa shape index (κ2) is 11.8. The Morgan fingerprint density at radius 1 is 1.13 bits per heavy atom. The number of aromatic nitrogens is 3. The minimum atomic E-state index is -0.524. The number of pyridine rings is 1. The lowest BCUT2D eigenvalue weighted by molar-refractivity contribution is 0.0556. The summed E-state index contributed by atoms with van der Waals surface area (Å²) in [5.74, 6) is 0.126. The van der Waals surface area contributed by atoms with Crippen molar-refractivity contribution in [3.63, 3.8) is 0 Å². The van der Waals surface area contributed by atoms with Crippen molar-refractivity contribution in [3.8, 4) is 17.3 Å². The molecule has 240 valence electrons. The molecule has 4 aliphatic rings. The monoisotopic (exact) mass is 645 g/mol. The number of hydrogen-bond donors (Lipinski definition) is 2. The number of fused-ring (bicyclic) bond motifs is 5. The molecule has 12 heteroatoms. The van der Waals surface area contributed by atoms with Gasteiger partial charge in [0.1, 0.15) is 30.2 Å². The molecule has 2 aromatic heterocycles. The maximum absolute atomic E-state index is 16.8. The lowest BCUT2D eigenvalue weighted by Crippen LogP contribution is -2.51. The molecule has 0 radical (unpaired) electrons. The third kappa shape index (κ3) is 5.09. The van der Waals surface area contributed by atoms with Crippen molar-refractivity contribution in [2.24, 2.45) is 0 Å². The first-order valence-electron chi connectivity index (χ1n) is 16.2. The number of alkyl carbamates (subject to hydrolysis) is 1. The topological polar surface area (TPSA) is 105 Å². The molecule has 4 aromatic rings. The van der Waals surface area contributed by atoms with Gasteiger partial charge in [0.2, 0.25) is 0 Å². The van der Waals surface area contributed by atoms with Crippen LogP contribution in [0.3, 0.4) is 0 Å². The summed E-state index contributed by atoms with van der Waals surface area (Å²) in [4.78, 5) is 30.7. The molecule has 0 saturated carbocycles. The SMILES string of the molecule is CNC(=O)OC[C@H]1CC[C@@]2(COc3nc(N4CC5CCC(C4)N5)c4cnc(-c5cccc6cccc(Cl)c56)c(F)c4n3)CCCN12. The van der Waals surface area contributed by atoms with Crippen LogP contribution in [0, 0.1) is 5.82 Å². The van der Waals surface area contributed by atoms with Gasteiger partial charge in [-0.3, -0.25) is 9.88 Å². The van der Waals surface area contributed by atoms with Crippen molar-refractivity contribution in [2.45, 2.75) is 62.2 Å². The van der Waals surface area contributed by atoms with Crippen LogP contribution in [0.15, 0.2) is 42.6 Å². The molecular formula is C34H37ClFN7O3. The van der Waals surface area contributed by atoms with Crippen molar-refractivity contribution >= 4 is 45.2 Å². The Kier molecular flexibility index (Phi) is 7.57. The second-order valence-electron chi connectivity index (χ2n) is 13.1. The number of nitrogens with one attached hydrogen (secondary N) is 2. The summed E-state index contributed by atoms with van der Waals surface area (Å²) < 4.78 is 28.6. The first-order chi connectivity index (χ1) is 22.4. The Labute approximate surface area is 271 Å². The molecule has 2 bridgehead atoms. The normalized spacial score (nSPS) is 25.7. The average molecular weight is 646 g/mol. The Hall–Kier alpha value is -3.80. The lowest BCUT2D eigenvalue weighted by Gasteiger charge is -2.35. The van der Waals surface area contributed by atoms with Gasteiger partial charge in [0.05, 0.1) is 10.9 Å². The van der Waals surface area contributed by atoms with Crippen LogP contribution in [0.2, 0.25) is 5.02 Å². The summed E-state index contributed by atoms with van der Waals surface area (Å²) in [7, 11) is 1.56. The molecule has 2 unspecified atom stereocenters. The van der Waals surface area contributed by atoms with Crippen LogP contribution in [-0.2, 0) is 4.74 Å². The molecule has 10 nitrogen and oxygen atoms in total. The minimum Gasteiger partial charge on any atom is -0.461 e. The second-order valence-corrected chi connectivity index (χ2v) is 13.5. The zero-order valence-electron chi connectivity index (χ0n) is 25.8. The minimum absolute atomic E-state index is 0.131. The van der Waals surface area contributed by atoms with Gasteiger partial charge in [-0.1, -0.05) is 41.9 Å². The average Bonchev–Trinajstić information content (AvgIpc) is 3.75. The predicted molar refractivity (Wildman–Crippen MR) is 175 cm³/mol. The fraction of sp³-hybridized carbons (Fsp3) is 0.471. The van der Waals surface area contributed by atoms with E-state index >= 15 is 4.39 Å². The van der Waals surface area contributed by atoms with Gasteiger partial charge in [0.15, 0.2) is 5.82 Å². The molecule has 6 heterocycles. The van der Waals surface area contributed by atoms with E-state index in [-0.39, 0.29) is 28.8 Å². The Balaban J connectivity index is 1.17. The summed E-state index contributed by atoms with van der Waals surface area (Å²) in [6.07, 6.45) is 7.31. The molecule has 4 saturated heterocycles. The number of nitrogens with zero attached hydrogens (tertiary/aromatic N) is 5. The molecule has 1 amide bonds. The van der Waals surface area contributed by atoms with Crippen LogP contribution in [0.25, 0.3) is 32.9 Å². The molecule has 2 aromatic carbocycles. The van der Waals surface area contributed by atoms with Gasteiger partial charge >= 0.3 is 12.1 Å². The summed E-state index contributed by atoms with van der Waals surface area (Å²) >= 11 is 6.63. The molecule has 4 atom stereocenters. The Morgan fingerprint density at radius 3 is 2.74 bits per heavy atom. The maximum atomic E-state index is 16.8. The van der Waals surface area contributed by atoms with Crippen LogP contribution >= 0.6 is 11.6 Å². The van der Waals surface area contributed by atoms with Gasteiger partial charge in [0.25, 0.3) is 0 Å². The van der Waals surface area contributed by atoms with E-state index in [2.05, 4.69) is 25.4 Å². The van der Waals surface area contributed by atoms with E-state index in [1.165, 1.54) is 0 Å². The van der Waals surface area contributed by atoms with Crippen molar-refractivity contribution in [3.05, 3.63) is 53.4 Å². The fourth-order valence-electron chi connectivity index (χ4n) is 8.21. The molecule has 0 aliphatic carbocycles. The highest BCUT2D eigenvalue weighted by Gasteiger charge is 2.50. The molecule has 0 spiro atoms. The highest BCUT2D eigenvalue weighted by Crippen LogP contribution is 2.43. The van der Waals surface area contributed by atoms with Gasteiger partial charge in [-0.2, -0.15) is 9.97 Å². The number of anilines is 1. The van der Waals surface area contributed by atoms with Crippen LogP contribution in [0.1, 0.15) is 38.5 Å². The van der Waals surface area contributed by atoms with E-state index in [0.717, 1.165) is 68.9 Å². The first kappa shape index (κ1) is 29.6. The number of benzene rings is 2. The number of hydrogen-bond acceptors (Lipinski definition) is 9. The number of rotatable bonds is 7. The molecule has 4 aliphatic heterocycles. The summed E-state index contributed by atoms with van der Waals surface area (Å²) in [6.45, 7) is 3.17. The van der Waals surface area contributed by atoms with E-state index in [1.807, 2.05) is 30.3 Å². The smallest absolute Gasteiger partial charge is 0.406 e. The molecule has 46 heavy (non-hydrogen) atoms. The fourth-order valence-corrected chi connectivity index (χ4v) is 8.49. The number of carbonyl (C=O) groups excluding carboxylic acids is 1. The highest BCUT2D eigenvalue weighted by molar-refractivity contribution is 6.36. The van der Waals surface area contributed by atoms with Crippen molar-refractivity contribution in [1.82, 2.24) is 30.5 Å². The molecule has 2 N–H and O–H groups in total. The van der Waals surface area contributed by atoms with E-state index in [0.29, 0.717) is 47.1 Å². The van der Waals surface area contributed by atoms with Gasteiger partial charge < -0.3 is 25.0 Å². The van der Waals surface area contributed by atoms with Gasteiger partial charge in [0, 0.05) is 60.4 Å². The molecule has 8 rings (SSSR count). The van der Waals surface area contributed by atoms with Crippen LogP contribution in [-0.4, -0.2) is 89.5 Å². The van der Waals surface area contributed by atoms with Crippen molar-refractivity contribution in [2.75, 3.05) is 44.8 Å². The highest BCUT2D eigenvalue weighted by atomic mass is 35.5. The van der Waals surface area contributed by atoms with Crippen molar-refractivity contribution in [1.29, 1.82) is 0 Å². The van der Waals surface area contributed by atoms with E-state index in [4.69, 9.17) is 31.0 Å². The van der Waals surface area contributed by atoms with E-state index in [1.54, 1.807) is 19.3 Å². The summed E-state index contributed by atoms with van der Waals surface area (Å²) in [5, 5.41) is 8.95. The Bertz CT molecular complexity index is 1810. The molecular weight excluding hydrogens is 609 g/mol. The molecule has 4 fully saturated rings. The third-order valence-electron chi connectivity index (χ3n) is 10.4. The number of ether oxygens (including phenoxy) is 2. The third-order valence-corrected chi connectivity index (χ3v) is 10.7. The van der Waals surface area contributed by atoms with Crippen molar-refractivity contribution < 1.29 is 18.7 Å². The zero-order chi connectivity index (χ0) is 31.4. The van der Waals surface area contributed by atoms with Gasteiger partial charge in [-0.25, -0.2) is 9.18 Å². The lowest BCUT2D eigenvalue weighted by atomic mass is 9.95. The largest absolute Gasteiger partial charge is 0.461 e. The number of piperazine rings is 1. The van der Waals surface area contributed by atoms with E-state index in [9.17, 15) is 4.79 Å². The van der Waals surface area contributed by atoms with Gasteiger partial charge in [-0.15, -0.1) is 0 Å². The zero-order valence-corrected chi connectivity index (χ0v) is 26.5. The van der Waals surface area contributed by atoms with E-state index < -0.39 is 11.9 Å². The number of halogens is 2. The summed E-state index contributed by atoms with van der Waals surface area (Å²) in [5.41, 5.74) is 0.786. The standard InChI is InChI=1S/C34H37ClFN7O3/c1-37-33(44)45-18-23-11-13-34(12-4-14-43(23)34)19-46-32-40-30-25(31(41-32)42-16-21-9-10-22(17-42)39-21)15-38-29(28(30)36)24-7-2-5-20-6-3-8-26(35)27(20)24/h2-3,5-8,15,21-23,39H,4,9-14,16-19H2,1H3,(H,37,44)/t21?,22?,23-,34-/m1/s1. The number of carbonyl (C=O) groups is 1. The maximum Gasteiger partial charge on any atom is 0.406 e. The van der Waals surface area contributed by atoms with Crippen LogP contribution in [0.4, 0.5) is 15.0 Å². The van der Waals surface area contributed by atoms with Crippen LogP contribution in [0.5, 0.6) is 6.01 Å². The quantitative estimate of drug-likeness (QED) is 0.277. The van der Waals surface area contributed by atoms with Gasteiger partial charge in [-0.05, 0) is 56.5 Å².